The summed E-state index contributed by atoms with van der Waals surface area (Å²) in [6.45, 7) is 6.38. The minimum atomic E-state index is -0.514. The molecule has 0 unspecified atom stereocenters. The second-order valence-electron chi connectivity index (χ2n) is 10.9. The second kappa shape index (κ2) is 6.89. The van der Waals surface area contributed by atoms with Crippen LogP contribution in [-0.4, -0.2) is 17.8 Å². The van der Waals surface area contributed by atoms with E-state index in [1.165, 1.54) is 4.90 Å². The van der Waals surface area contributed by atoms with Crippen LogP contribution in [0.2, 0.25) is 0 Å². The third kappa shape index (κ3) is 3.09. The van der Waals surface area contributed by atoms with Gasteiger partial charge in [-0.15, -0.1) is 0 Å². The molecule has 6 atom stereocenters. The van der Waals surface area contributed by atoms with Crippen LogP contribution in [0.4, 0.5) is 5.69 Å². The third-order valence-electron chi connectivity index (χ3n) is 7.93. The summed E-state index contributed by atoms with van der Waals surface area (Å²) in [5.41, 5.74) is 1.92. The maximum Gasteiger partial charge on any atom is 0.343 e. The molecule has 3 fully saturated rings. The maximum atomic E-state index is 13.3. The minimum absolute atomic E-state index is 0.0123. The minimum Gasteiger partial charge on any atom is -0.423 e. The van der Waals surface area contributed by atoms with Crippen LogP contribution in [0.1, 0.15) is 43.1 Å². The van der Waals surface area contributed by atoms with Crippen LogP contribution >= 0.6 is 0 Å². The number of anilines is 1. The molecule has 2 saturated carbocycles. The summed E-state index contributed by atoms with van der Waals surface area (Å²) in [4.78, 5) is 40.8. The summed E-state index contributed by atoms with van der Waals surface area (Å²) in [5, 5.41) is 0. The summed E-state index contributed by atoms with van der Waals surface area (Å²) < 4.78 is 5.56. The van der Waals surface area contributed by atoms with E-state index in [0.717, 1.165) is 12.0 Å². The number of esters is 1. The van der Waals surface area contributed by atoms with Gasteiger partial charge in [0.15, 0.2) is 0 Å². The molecule has 1 aliphatic heterocycles. The van der Waals surface area contributed by atoms with Gasteiger partial charge in [0.1, 0.15) is 5.75 Å². The van der Waals surface area contributed by atoms with Crippen LogP contribution in [0.5, 0.6) is 5.75 Å². The lowest BCUT2D eigenvalue weighted by Crippen LogP contribution is -2.40. The Labute approximate surface area is 193 Å². The molecule has 0 N–H and O–H groups in total. The number of amides is 2. The highest BCUT2D eigenvalue weighted by Crippen LogP contribution is 2.65. The average Bonchev–Trinajstić information content (AvgIpc) is 3.57. The molecule has 2 aromatic rings. The van der Waals surface area contributed by atoms with E-state index >= 15 is 0 Å². The average molecular weight is 442 g/mol. The standard InChI is InChI=1S/C28H27NO4/c1-28(2,3)16-7-9-18(10-8-16)33-27(32)15-5-4-6-17(13-15)29-25(30)23-19-11-12-20(22-14-21(19)22)24(23)26(29)31/h4-13,19-24H,14H2,1-3H3/t19-,20-,21-,22+,23-,24+/m0/s1. The van der Waals surface area contributed by atoms with Crippen molar-refractivity contribution in [3.63, 3.8) is 0 Å². The van der Waals surface area contributed by atoms with Crippen molar-refractivity contribution in [2.75, 3.05) is 4.90 Å². The zero-order chi connectivity index (χ0) is 23.1. The monoisotopic (exact) mass is 441 g/mol. The second-order valence-corrected chi connectivity index (χ2v) is 10.9. The van der Waals surface area contributed by atoms with Crippen LogP contribution in [0.15, 0.2) is 60.7 Å². The predicted molar refractivity (Wildman–Crippen MR) is 124 cm³/mol. The van der Waals surface area contributed by atoms with Crippen LogP contribution in [0.25, 0.3) is 0 Å². The number of carbonyl (C=O) groups is 3. The highest BCUT2D eigenvalue weighted by atomic mass is 16.5. The normalized spacial score (nSPS) is 31.4. The van der Waals surface area contributed by atoms with Gasteiger partial charge in [-0.25, -0.2) is 9.69 Å². The molecule has 5 aliphatic rings. The number of hydrogen-bond donors (Lipinski definition) is 0. The Hall–Kier alpha value is -3.21. The Morgan fingerprint density at radius 2 is 1.52 bits per heavy atom. The Morgan fingerprint density at radius 3 is 2.09 bits per heavy atom. The Bertz CT molecular complexity index is 1170. The Morgan fingerprint density at radius 1 is 0.909 bits per heavy atom. The molecule has 0 aromatic heterocycles. The molecule has 33 heavy (non-hydrogen) atoms. The lowest BCUT2D eigenvalue weighted by molar-refractivity contribution is -0.124. The predicted octanol–water partition coefficient (Wildman–Crippen LogP) is 4.76. The maximum absolute atomic E-state index is 13.3. The zero-order valence-corrected chi connectivity index (χ0v) is 19.0. The lowest BCUT2D eigenvalue weighted by Gasteiger charge is -2.37. The Balaban J connectivity index is 1.23. The topological polar surface area (TPSA) is 63.7 Å². The quantitative estimate of drug-likeness (QED) is 0.298. The number of rotatable bonds is 3. The summed E-state index contributed by atoms with van der Waals surface area (Å²) in [5.74, 6) is 0.649. The van der Waals surface area contributed by atoms with Gasteiger partial charge >= 0.3 is 5.97 Å². The van der Waals surface area contributed by atoms with Crippen molar-refractivity contribution in [1.29, 1.82) is 0 Å². The van der Waals surface area contributed by atoms with Crippen molar-refractivity contribution >= 4 is 23.5 Å². The van der Waals surface area contributed by atoms with E-state index in [1.54, 1.807) is 36.4 Å². The molecule has 0 radical (unpaired) electrons. The van der Waals surface area contributed by atoms with Crippen molar-refractivity contribution in [2.24, 2.45) is 35.5 Å². The summed E-state index contributed by atoms with van der Waals surface area (Å²) in [7, 11) is 0. The number of carbonyl (C=O) groups excluding carboxylic acids is 3. The van der Waals surface area contributed by atoms with Gasteiger partial charge in [0.05, 0.1) is 23.1 Å². The molecular formula is C28H27NO4. The SMILES string of the molecule is CC(C)(C)c1ccc(OC(=O)c2cccc(N3C(=O)[C@@H]4[C@H]5C=C[C@@H]([C@@H]6C[C@H]56)[C@@H]4C3=O)c2)cc1. The fourth-order valence-electron chi connectivity index (χ4n) is 6.17. The van der Waals surface area contributed by atoms with Gasteiger partial charge in [-0.1, -0.05) is 51.1 Å². The molecule has 0 spiro atoms. The van der Waals surface area contributed by atoms with Crippen molar-refractivity contribution in [2.45, 2.75) is 32.6 Å². The highest BCUT2D eigenvalue weighted by molar-refractivity contribution is 6.23. The number of benzene rings is 2. The number of allylic oxidation sites excluding steroid dienone is 2. The van der Waals surface area contributed by atoms with Crippen LogP contribution in [0, 0.1) is 35.5 Å². The van der Waals surface area contributed by atoms with E-state index in [0.29, 0.717) is 28.8 Å². The van der Waals surface area contributed by atoms with E-state index in [1.807, 2.05) is 12.1 Å². The van der Waals surface area contributed by atoms with Crippen molar-refractivity contribution in [3.8, 4) is 5.75 Å². The van der Waals surface area contributed by atoms with Crippen molar-refractivity contribution < 1.29 is 19.1 Å². The fourth-order valence-corrected chi connectivity index (χ4v) is 6.17. The molecule has 7 rings (SSSR count). The first kappa shape index (κ1) is 20.4. The molecule has 4 aliphatic carbocycles. The smallest absolute Gasteiger partial charge is 0.343 e. The van der Waals surface area contributed by atoms with Crippen molar-refractivity contribution in [3.05, 3.63) is 71.8 Å². The summed E-state index contributed by atoms with van der Waals surface area (Å²) in [6.07, 6.45) is 5.45. The molecule has 5 nitrogen and oxygen atoms in total. The van der Waals surface area contributed by atoms with E-state index in [9.17, 15) is 14.4 Å². The zero-order valence-electron chi connectivity index (χ0n) is 19.0. The molecule has 168 valence electrons. The number of nitrogens with zero attached hydrogens (tertiary/aromatic N) is 1. The van der Waals surface area contributed by atoms with Crippen LogP contribution < -0.4 is 9.64 Å². The van der Waals surface area contributed by atoms with Gasteiger partial charge in [-0.3, -0.25) is 9.59 Å². The van der Waals surface area contributed by atoms with E-state index < -0.39 is 5.97 Å². The number of ether oxygens (including phenoxy) is 1. The largest absolute Gasteiger partial charge is 0.423 e. The first-order chi connectivity index (χ1) is 15.7. The first-order valence-electron chi connectivity index (χ1n) is 11.7. The fraction of sp³-hybridized carbons (Fsp3) is 0.393. The van der Waals surface area contributed by atoms with Crippen LogP contribution in [0.3, 0.4) is 0 Å². The third-order valence-corrected chi connectivity index (χ3v) is 7.93. The first-order valence-corrected chi connectivity index (χ1v) is 11.7. The van der Waals surface area contributed by atoms with Gasteiger partial charge in [0, 0.05) is 0 Å². The molecule has 5 heteroatoms. The molecule has 1 saturated heterocycles. The van der Waals surface area contributed by atoms with E-state index in [-0.39, 0.29) is 40.9 Å². The molecular weight excluding hydrogens is 414 g/mol. The number of hydrogen-bond acceptors (Lipinski definition) is 4. The van der Waals surface area contributed by atoms with Crippen LogP contribution in [-0.2, 0) is 15.0 Å². The van der Waals surface area contributed by atoms with Gasteiger partial charge < -0.3 is 4.74 Å². The van der Waals surface area contributed by atoms with Gasteiger partial charge in [-0.2, -0.15) is 0 Å². The summed E-state index contributed by atoms with van der Waals surface area (Å²) >= 11 is 0. The molecule has 1 heterocycles. The van der Waals surface area contributed by atoms with Gasteiger partial charge in [0.2, 0.25) is 11.8 Å². The van der Waals surface area contributed by atoms with Crippen molar-refractivity contribution in [1.82, 2.24) is 0 Å². The lowest BCUT2D eigenvalue weighted by atomic mass is 9.63. The molecule has 2 bridgehead atoms. The molecule has 2 amide bonds. The number of imide groups is 1. The Kier molecular flexibility index (Phi) is 4.26. The summed E-state index contributed by atoms with van der Waals surface area (Å²) in [6, 6.07) is 14.1. The molecule has 2 aromatic carbocycles. The van der Waals surface area contributed by atoms with Gasteiger partial charge in [-0.05, 0) is 71.4 Å². The highest BCUT2D eigenvalue weighted by Gasteiger charge is 2.67. The van der Waals surface area contributed by atoms with E-state index in [4.69, 9.17) is 4.74 Å². The van der Waals surface area contributed by atoms with Gasteiger partial charge in [0.25, 0.3) is 0 Å². The van der Waals surface area contributed by atoms with E-state index in [2.05, 4.69) is 32.9 Å².